The number of fused-ring (bicyclic) bond motifs is 1. The average Bonchev–Trinajstić information content (AvgIpc) is 3.14. The van der Waals surface area contributed by atoms with Crippen LogP contribution in [0.5, 0.6) is 5.75 Å². The molecular weight excluding hydrogens is 455 g/mol. The van der Waals surface area contributed by atoms with Crippen molar-refractivity contribution in [3.8, 4) is 5.75 Å². The second-order valence-corrected chi connectivity index (χ2v) is 10.6. The van der Waals surface area contributed by atoms with Gasteiger partial charge < -0.3 is 14.4 Å². The van der Waals surface area contributed by atoms with Crippen molar-refractivity contribution in [2.75, 3.05) is 13.1 Å². The number of piperidine rings is 1. The van der Waals surface area contributed by atoms with E-state index in [-0.39, 0.29) is 29.6 Å². The van der Waals surface area contributed by atoms with Gasteiger partial charge in [0.2, 0.25) is 11.8 Å². The second-order valence-electron chi connectivity index (χ2n) is 10.6. The molecule has 0 radical (unpaired) electrons. The number of carbonyl (C=O) groups is 3. The molecule has 3 amide bonds. The van der Waals surface area contributed by atoms with Crippen LogP contribution in [0.15, 0.2) is 42.5 Å². The lowest BCUT2D eigenvalue weighted by Crippen LogP contribution is -2.56. The molecule has 8 nitrogen and oxygen atoms in total. The number of hydrogen-bond acceptors (Lipinski definition) is 6. The normalized spacial score (nSPS) is 23.9. The number of nitrogens with zero attached hydrogens (tertiary/aromatic N) is 2. The molecule has 3 heterocycles. The highest BCUT2D eigenvalue weighted by molar-refractivity contribution is 6.39. The van der Waals surface area contributed by atoms with Gasteiger partial charge in [-0.2, -0.15) is 0 Å². The number of nitrogens with one attached hydrogen (secondary N) is 1. The number of carbonyl (C=O) groups excluding carboxylic acids is 3. The predicted molar refractivity (Wildman–Crippen MR) is 142 cm³/mol. The Labute approximate surface area is 213 Å². The molecule has 0 aromatic heterocycles. The number of hydrogen-bond donors (Lipinski definition) is 1. The number of ether oxygens (including phenoxy) is 2. The highest BCUT2D eigenvalue weighted by Gasteiger charge is 2.40. The molecule has 3 aliphatic heterocycles. The van der Waals surface area contributed by atoms with Gasteiger partial charge in [0.1, 0.15) is 41.9 Å². The lowest BCUT2D eigenvalue weighted by molar-refractivity contribution is -0.136. The van der Waals surface area contributed by atoms with Crippen molar-refractivity contribution in [1.29, 1.82) is 0 Å². The fourth-order valence-corrected chi connectivity index (χ4v) is 5.56. The minimum atomic E-state index is -0.636. The van der Waals surface area contributed by atoms with Crippen LogP contribution in [0.2, 0.25) is 0 Å². The van der Waals surface area contributed by atoms with Crippen LogP contribution in [-0.4, -0.2) is 81.6 Å². The first-order valence-electron chi connectivity index (χ1n) is 12.6. The van der Waals surface area contributed by atoms with Crippen LogP contribution < -0.4 is 10.1 Å². The number of rotatable bonds is 6. The van der Waals surface area contributed by atoms with Crippen LogP contribution >= 0.6 is 0 Å². The minimum absolute atomic E-state index is 0.142. The summed E-state index contributed by atoms with van der Waals surface area (Å²) in [7, 11) is 6.38. The number of imide groups is 1. The molecule has 0 bridgehead atoms. The Kier molecular flexibility index (Phi) is 6.70. The minimum Gasteiger partial charge on any atom is -0.489 e. The maximum Gasteiger partial charge on any atom is 0.255 e. The fraction of sp³-hybridized carbons (Fsp3) is 0.400. The van der Waals surface area contributed by atoms with Gasteiger partial charge in [-0.25, -0.2) is 0 Å². The lowest BCUT2D eigenvalue weighted by Gasteiger charge is -2.42. The van der Waals surface area contributed by atoms with E-state index in [0.717, 1.165) is 30.8 Å². The highest BCUT2D eigenvalue weighted by Crippen LogP contribution is 2.34. The maximum atomic E-state index is 13.0. The molecule has 36 heavy (non-hydrogen) atoms. The fourth-order valence-electron chi connectivity index (χ4n) is 5.56. The number of amides is 3. The molecule has 5 rings (SSSR count). The Morgan fingerprint density at radius 1 is 1.08 bits per heavy atom. The summed E-state index contributed by atoms with van der Waals surface area (Å²) in [4.78, 5) is 40.8. The molecule has 2 aromatic rings. The molecule has 184 valence electrons. The molecule has 2 unspecified atom stereocenters. The van der Waals surface area contributed by atoms with E-state index in [1.165, 1.54) is 5.56 Å². The van der Waals surface area contributed by atoms with Crippen molar-refractivity contribution in [3.05, 3.63) is 64.7 Å². The highest BCUT2D eigenvalue weighted by atomic mass is 16.5. The number of benzene rings is 2. The summed E-state index contributed by atoms with van der Waals surface area (Å²) in [6, 6.07) is 13.4. The summed E-state index contributed by atoms with van der Waals surface area (Å²) >= 11 is 0. The van der Waals surface area contributed by atoms with Crippen molar-refractivity contribution in [2.45, 2.75) is 50.0 Å². The van der Waals surface area contributed by atoms with E-state index in [2.05, 4.69) is 58.0 Å². The first-order chi connectivity index (χ1) is 17.2. The van der Waals surface area contributed by atoms with E-state index in [9.17, 15) is 14.4 Å². The topological polar surface area (TPSA) is 88.2 Å². The van der Waals surface area contributed by atoms with Crippen LogP contribution in [0.3, 0.4) is 0 Å². The van der Waals surface area contributed by atoms with Crippen molar-refractivity contribution >= 4 is 41.3 Å². The van der Waals surface area contributed by atoms with Crippen molar-refractivity contribution in [2.24, 2.45) is 0 Å². The Morgan fingerprint density at radius 3 is 2.56 bits per heavy atom. The zero-order chi connectivity index (χ0) is 25.4. The largest absolute Gasteiger partial charge is 0.489 e. The summed E-state index contributed by atoms with van der Waals surface area (Å²) < 4.78 is 12.1. The predicted octanol–water partition coefficient (Wildman–Crippen LogP) is -1.26. The van der Waals surface area contributed by atoms with Gasteiger partial charge in [0, 0.05) is 48.6 Å². The maximum absolute atomic E-state index is 13.0. The van der Waals surface area contributed by atoms with Crippen molar-refractivity contribution in [1.82, 2.24) is 15.1 Å². The molecule has 2 aromatic carbocycles. The Morgan fingerprint density at radius 2 is 1.83 bits per heavy atom. The van der Waals surface area contributed by atoms with E-state index in [0.29, 0.717) is 30.9 Å². The molecule has 2 fully saturated rings. The van der Waals surface area contributed by atoms with Crippen LogP contribution in [0.1, 0.15) is 39.9 Å². The third-order valence-electron chi connectivity index (χ3n) is 7.00. The summed E-state index contributed by atoms with van der Waals surface area (Å²) in [5, 5.41) is 2.20. The zero-order valence-electron chi connectivity index (χ0n) is 21.1. The first-order valence-corrected chi connectivity index (χ1v) is 12.6. The van der Waals surface area contributed by atoms with Crippen LogP contribution in [0.4, 0.5) is 0 Å². The van der Waals surface area contributed by atoms with Crippen molar-refractivity contribution < 1.29 is 23.9 Å². The van der Waals surface area contributed by atoms with Gasteiger partial charge in [-0.05, 0) is 29.7 Å². The third-order valence-corrected chi connectivity index (χ3v) is 7.00. The average molecular weight is 485 g/mol. The molecule has 3 aliphatic rings. The first kappa shape index (κ1) is 24.7. The van der Waals surface area contributed by atoms with E-state index >= 15 is 0 Å². The summed E-state index contributed by atoms with van der Waals surface area (Å²) in [6.07, 6.45) is 0.575. The number of morpholine rings is 1. The molecular formula is C25H30B3N3O5. The van der Waals surface area contributed by atoms with Gasteiger partial charge in [-0.15, -0.1) is 0 Å². The smallest absolute Gasteiger partial charge is 0.255 e. The summed E-state index contributed by atoms with van der Waals surface area (Å²) in [6.45, 7) is 3.37. The summed E-state index contributed by atoms with van der Waals surface area (Å²) in [5.41, 5.74) is 3.62. The van der Waals surface area contributed by atoms with E-state index in [4.69, 9.17) is 9.47 Å². The van der Waals surface area contributed by atoms with Gasteiger partial charge in [0.15, 0.2) is 0 Å². The molecule has 11 heteroatoms. The molecule has 2 saturated heterocycles. The van der Waals surface area contributed by atoms with Gasteiger partial charge >= 0.3 is 0 Å². The van der Waals surface area contributed by atoms with Crippen LogP contribution in [0.25, 0.3) is 0 Å². The SMILES string of the molecule is BC1CN(Cc2ccc(COc3cccc4c3CN(C3CCC(=O)NC3=O)C4=O)cc2)CC(B)(B)O1. The Bertz CT molecular complexity index is 1190. The van der Waals surface area contributed by atoms with Gasteiger partial charge in [0.25, 0.3) is 5.91 Å². The quantitative estimate of drug-likeness (QED) is 0.407. The Hall–Kier alpha value is -3.04. The van der Waals surface area contributed by atoms with Crippen molar-refractivity contribution in [3.63, 3.8) is 0 Å². The molecule has 0 spiro atoms. The Balaban J connectivity index is 1.21. The van der Waals surface area contributed by atoms with Gasteiger partial charge in [0.05, 0.1) is 6.54 Å². The summed E-state index contributed by atoms with van der Waals surface area (Å²) in [5.74, 6) is -0.261. The second kappa shape index (κ2) is 9.79. The third kappa shape index (κ3) is 5.22. The van der Waals surface area contributed by atoms with Gasteiger partial charge in [-0.3, -0.25) is 24.6 Å². The molecule has 0 saturated carbocycles. The van der Waals surface area contributed by atoms with Crippen LogP contribution in [-0.2, 0) is 34.0 Å². The standard InChI is InChI=1S/C25H30B3N3O5/c26-21-12-30(14-25(27,28)36-21)10-15-4-6-16(7-5-15)13-35-20-3-1-2-17-18(20)11-31(24(17)34)19-8-9-22(32)29-23(19)33/h1-7,19,21H,8-14,26-28H2,(H,29,32,33). The molecule has 1 N–H and O–H groups in total. The van der Waals surface area contributed by atoms with E-state index < -0.39 is 11.9 Å². The lowest BCUT2D eigenvalue weighted by atomic mass is 9.63. The molecule has 0 aliphatic carbocycles. The van der Waals surface area contributed by atoms with E-state index in [1.54, 1.807) is 17.0 Å². The van der Waals surface area contributed by atoms with Crippen LogP contribution in [0, 0.1) is 0 Å². The van der Waals surface area contributed by atoms with Gasteiger partial charge in [-0.1, -0.05) is 30.3 Å². The monoisotopic (exact) mass is 485 g/mol. The van der Waals surface area contributed by atoms with E-state index in [1.807, 2.05) is 6.07 Å². The molecule has 2 atom stereocenters. The zero-order valence-corrected chi connectivity index (χ0v) is 21.1.